The number of nitrogens with zero attached hydrogens (tertiary/aromatic N) is 1. The van der Waals surface area contributed by atoms with E-state index in [9.17, 15) is 0 Å². The number of rotatable bonds is 4. The van der Waals surface area contributed by atoms with Gasteiger partial charge in [-0.1, -0.05) is 182 Å². The van der Waals surface area contributed by atoms with Crippen molar-refractivity contribution < 1.29 is 4.74 Å². The minimum absolute atomic E-state index is 0.533. The summed E-state index contributed by atoms with van der Waals surface area (Å²) in [5, 5.41) is 0. The normalized spacial score (nSPS) is 13.3. The van der Waals surface area contributed by atoms with Gasteiger partial charge in [-0.2, -0.15) is 0 Å². The van der Waals surface area contributed by atoms with Crippen LogP contribution >= 0.6 is 0 Å². The lowest BCUT2D eigenvalue weighted by molar-refractivity contribution is 0.488. The first-order valence-corrected chi connectivity index (χ1v) is 20.3. The first-order valence-electron chi connectivity index (χ1n) is 20.3. The highest BCUT2D eigenvalue weighted by Crippen LogP contribution is 2.61. The Kier molecular flexibility index (Phi) is 7.48. The van der Waals surface area contributed by atoms with Crippen LogP contribution in [-0.2, 0) is 5.41 Å². The van der Waals surface area contributed by atoms with Crippen molar-refractivity contribution in [2.45, 2.75) is 5.41 Å². The number of anilines is 3. The molecule has 59 heavy (non-hydrogen) atoms. The van der Waals surface area contributed by atoms with Crippen molar-refractivity contribution >= 4 is 29.2 Å². The average molecular weight is 752 g/mol. The van der Waals surface area contributed by atoms with Crippen LogP contribution in [0.25, 0.3) is 56.7 Å². The van der Waals surface area contributed by atoms with E-state index in [1.165, 1.54) is 55.6 Å². The fraction of sp³-hybridized carbons (Fsp3) is 0.0175. The van der Waals surface area contributed by atoms with Gasteiger partial charge in [0, 0.05) is 28.1 Å². The average Bonchev–Trinajstić information content (AvgIpc) is 3.41. The quantitative estimate of drug-likeness (QED) is 0.178. The van der Waals surface area contributed by atoms with Crippen molar-refractivity contribution in [3.05, 3.63) is 246 Å². The van der Waals surface area contributed by atoms with Crippen LogP contribution < -0.4 is 9.64 Å². The lowest BCUT2D eigenvalue weighted by Gasteiger charge is -2.35. The fourth-order valence-electron chi connectivity index (χ4n) is 10.0. The molecular weight excluding hydrogens is 715 g/mol. The Hall–Kier alpha value is -7.68. The topological polar surface area (TPSA) is 12.5 Å². The minimum atomic E-state index is -0.533. The van der Waals surface area contributed by atoms with Gasteiger partial charge in [0.05, 0.1) is 11.1 Å². The summed E-state index contributed by atoms with van der Waals surface area (Å²) in [6.45, 7) is 0. The Bertz CT molecular complexity index is 3090. The molecule has 2 aliphatic carbocycles. The van der Waals surface area contributed by atoms with Crippen molar-refractivity contribution in [1.29, 1.82) is 0 Å². The fourth-order valence-corrected chi connectivity index (χ4v) is 10.0. The van der Waals surface area contributed by atoms with Crippen LogP contribution in [0.1, 0.15) is 33.4 Å². The molecule has 0 aromatic heterocycles. The highest BCUT2D eigenvalue weighted by Gasteiger charge is 2.49. The maximum absolute atomic E-state index is 6.62. The number of benzene rings is 9. The van der Waals surface area contributed by atoms with Gasteiger partial charge in [0.1, 0.15) is 11.5 Å². The highest BCUT2D eigenvalue weighted by atomic mass is 16.5. The minimum Gasteiger partial charge on any atom is -0.456 e. The van der Waals surface area contributed by atoms with Crippen molar-refractivity contribution in [3.8, 4) is 56.0 Å². The molecule has 9 aromatic rings. The molecule has 0 fully saturated rings. The van der Waals surface area contributed by atoms with E-state index in [2.05, 4.69) is 223 Å². The predicted octanol–water partition coefficient (Wildman–Crippen LogP) is 15.1. The van der Waals surface area contributed by atoms with E-state index < -0.39 is 5.41 Å². The molecular formula is C57H37NO. The van der Waals surface area contributed by atoms with Gasteiger partial charge in [-0.15, -0.1) is 0 Å². The number of fused-ring (bicyclic) bond motifs is 14. The van der Waals surface area contributed by atoms with E-state index >= 15 is 0 Å². The summed E-state index contributed by atoms with van der Waals surface area (Å²) >= 11 is 0. The molecule has 12 rings (SSSR count). The molecule has 9 aromatic carbocycles. The zero-order chi connectivity index (χ0) is 38.9. The molecule has 3 aliphatic rings. The first-order chi connectivity index (χ1) is 29.3. The molecule has 0 atom stereocenters. The third-order valence-electron chi connectivity index (χ3n) is 12.5. The monoisotopic (exact) mass is 751 g/mol. The molecule has 1 spiro atoms. The summed E-state index contributed by atoms with van der Waals surface area (Å²) in [7, 11) is 0. The molecule has 1 aliphatic heterocycles. The van der Waals surface area contributed by atoms with E-state index in [1.54, 1.807) is 0 Å². The number of ether oxygens (including phenoxy) is 1. The van der Waals surface area contributed by atoms with Crippen molar-refractivity contribution in [1.82, 2.24) is 0 Å². The van der Waals surface area contributed by atoms with E-state index in [4.69, 9.17) is 4.74 Å². The molecule has 2 nitrogen and oxygen atoms in total. The van der Waals surface area contributed by atoms with Gasteiger partial charge in [0.15, 0.2) is 0 Å². The van der Waals surface area contributed by atoms with Crippen molar-refractivity contribution in [3.63, 3.8) is 0 Å². The Morgan fingerprint density at radius 1 is 0.339 bits per heavy atom. The summed E-state index contributed by atoms with van der Waals surface area (Å²) in [5.74, 6) is 1.71. The van der Waals surface area contributed by atoms with Gasteiger partial charge in [-0.3, -0.25) is 0 Å². The molecule has 0 bridgehead atoms. The first kappa shape index (κ1) is 33.5. The summed E-state index contributed by atoms with van der Waals surface area (Å²) in [5.41, 5.74) is 19.7. The molecule has 1 heterocycles. The van der Waals surface area contributed by atoms with Crippen LogP contribution in [0.5, 0.6) is 11.5 Å². The van der Waals surface area contributed by atoms with Gasteiger partial charge < -0.3 is 9.64 Å². The van der Waals surface area contributed by atoms with Crippen LogP contribution in [0.2, 0.25) is 0 Å². The lowest BCUT2D eigenvalue weighted by Crippen LogP contribution is -2.30. The lowest BCUT2D eigenvalue weighted by atomic mass is 9.66. The number of para-hydroxylation sites is 2. The summed E-state index contributed by atoms with van der Waals surface area (Å²) in [4.78, 5) is 2.47. The van der Waals surface area contributed by atoms with E-state index in [0.29, 0.717) is 0 Å². The molecule has 2 heteroatoms. The maximum Gasteiger partial charge on any atom is 0.135 e. The molecule has 0 saturated heterocycles. The molecule has 0 saturated carbocycles. The zero-order valence-electron chi connectivity index (χ0n) is 32.2. The van der Waals surface area contributed by atoms with Gasteiger partial charge in [-0.25, -0.2) is 0 Å². The number of hydrogen-bond donors (Lipinski definition) is 0. The third kappa shape index (κ3) is 5.00. The van der Waals surface area contributed by atoms with E-state index in [0.717, 1.165) is 50.8 Å². The summed E-state index contributed by atoms with van der Waals surface area (Å²) < 4.78 is 6.62. The Morgan fingerprint density at radius 2 is 0.864 bits per heavy atom. The van der Waals surface area contributed by atoms with Crippen LogP contribution in [0.15, 0.2) is 212 Å². The third-order valence-corrected chi connectivity index (χ3v) is 12.5. The van der Waals surface area contributed by atoms with Gasteiger partial charge in [-0.05, 0) is 104 Å². The smallest absolute Gasteiger partial charge is 0.135 e. The van der Waals surface area contributed by atoms with Crippen LogP contribution in [0.3, 0.4) is 0 Å². The van der Waals surface area contributed by atoms with Crippen LogP contribution in [0.4, 0.5) is 17.1 Å². The van der Waals surface area contributed by atoms with Crippen molar-refractivity contribution in [2.75, 3.05) is 4.90 Å². The molecule has 0 amide bonds. The SMILES string of the molecule is C1=Cc2ccccc2C2(c3ccccc31)c1ccccc1-c1c(N(c3ccc(-c4ccccc4)cc3)c3ccc4c(c3)-c3ccccc3Oc3ccccc3-4)cccc12. The predicted molar refractivity (Wildman–Crippen MR) is 244 cm³/mol. The largest absolute Gasteiger partial charge is 0.456 e. The second-order valence-electron chi connectivity index (χ2n) is 15.6. The van der Waals surface area contributed by atoms with Gasteiger partial charge >= 0.3 is 0 Å². The second-order valence-corrected chi connectivity index (χ2v) is 15.6. The molecule has 0 unspecified atom stereocenters. The zero-order valence-corrected chi connectivity index (χ0v) is 32.2. The standard InChI is InChI=1S/C57H37NO/c1-2-15-38(16-3-1)39-31-33-42(34-32-39)58(43-35-36-44-45-19-7-12-27-54(45)59-55-28-13-8-20-46(55)48(44)37-43)53-26-14-25-52-56(53)47-21-6-11-24-51(47)57(52)49-22-9-4-17-40(49)29-30-41-18-5-10-23-50(41)57/h1-37H. The molecule has 0 N–H and O–H groups in total. The van der Waals surface area contributed by atoms with Gasteiger partial charge in [0.2, 0.25) is 0 Å². The van der Waals surface area contributed by atoms with E-state index in [1.807, 2.05) is 6.07 Å². The Labute approximate surface area is 344 Å². The maximum atomic E-state index is 6.62. The summed E-state index contributed by atoms with van der Waals surface area (Å²) in [6, 6.07) is 77.3. The second kappa shape index (κ2) is 13.2. The van der Waals surface area contributed by atoms with Crippen molar-refractivity contribution in [2.24, 2.45) is 0 Å². The van der Waals surface area contributed by atoms with Crippen LogP contribution in [0, 0.1) is 0 Å². The highest BCUT2D eigenvalue weighted by molar-refractivity contribution is 6.00. The van der Waals surface area contributed by atoms with Crippen LogP contribution in [-0.4, -0.2) is 0 Å². The van der Waals surface area contributed by atoms with Gasteiger partial charge in [0.25, 0.3) is 0 Å². The summed E-state index contributed by atoms with van der Waals surface area (Å²) in [6.07, 6.45) is 4.59. The molecule has 0 radical (unpaired) electrons. The van der Waals surface area contributed by atoms with E-state index in [-0.39, 0.29) is 0 Å². The number of hydrogen-bond acceptors (Lipinski definition) is 2. The molecule has 276 valence electrons. The Balaban J connectivity index is 1.15. The Morgan fingerprint density at radius 3 is 1.56 bits per heavy atom.